The van der Waals surface area contributed by atoms with Gasteiger partial charge in [-0.15, -0.1) is 0 Å². The zero-order valence-electron chi connectivity index (χ0n) is 12.9. The van der Waals surface area contributed by atoms with Crippen molar-refractivity contribution in [2.24, 2.45) is 11.7 Å². The second-order valence-corrected chi connectivity index (χ2v) is 5.85. The van der Waals surface area contributed by atoms with Crippen LogP contribution in [-0.2, 0) is 4.79 Å². The third-order valence-electron chi connectivity index (χ3n) is 4.28. The number of para-hydroxylation sites is 1. The molecule has 0 bridgehead atoms. The minimum atomic E-state index is -0.267. The number of hydrogen-bond donors (Lipinski definition) is 3. The van der Waals surface area contributed by atoms with Gasteiger partial charge in [-0.1, -0.05) is 18.2 Å². The number of carbonyl (C=O) groups excluding carboxylic acids is 2. The fraction of sp³-hybridized carbons (Fsp3) is 0.438. The molecule has 1 aromatic heterocycles. The Morgan fingerprint density at radius 1 is 1.39 bits per heavy atom. The van der Waals surface area contributed by atoms with Crippen LogP contribution in [0.1, 0.15) is 23.3 Å². The molecule has 1 atom stereocenters. The molecule has 1 aliphatic rings. The van der Waals surface area contributed by atoms with E-state index in [2.05, 4.69) is 15.5 Å². The van der Waals surface area contributed by atoms with E-state index in [4.69, 9.17) is 5.73 Å². The van der Waals surface area contributed by atoms with Crippen LogP contribution >= 0.6 is 0 Å². The van der Waals surface area contributed by atoms with Gasteiger partial charge in [-0.25, -0.2) is 0 Å². The zero-order chi connectivity index (χ0) is 16.2. The molecule has 0 saturated carbocycles. The predicted octanol–water partition coefficient (Wildman–Crippen LogP) is 0.490. The Morgan fingerprint density at radius 3 is 3.00 bits per heavy atom. The molecule has 1 aliphatic heterocycles. The number of rotatable bonds is 5. The average Bonchev–Trinajstić information content (AvgIpc) is 3.21. The second-order valence-electron chi connectivity index (χ2n) is 5.85. The summed E-state index contributed by atoms with van der Waals surface area (Å²) in [7, 11) is 0. The number of nitrogens with zero attached hydrogens (tertiary/aromatic N) is 2. The van der Waals surface area contributed by atoms with Crippen molar-refractivity contribution in [2.45, 2.75) is 12.8 Å². The quantitative estimate of drug-likeness (QED) is 0.747. The lowest BCUT2D eigenvalue weighted by Gasteiger charge is -2.16. The van der Waals surface area contributed by atoms with Gasteiger partial charge in [0.2, 0.25) is 5.91 Å². The average molecular weight is 315 g/mol. The van der Waals surface area contributed by atoms with E-state index >= 15 is 0 Å². The summed E-state index contributed by atoms with van der Waals surface area (Å²) in [6.45, 7) is 2.42. The van der Waals surface area contributed by atoms with Gasteiger partial charge in [0.15, 0.2) is 5.69 Å². The van der Waals surface area contributed by atoms with Crippen LogP contribution in [-0.4, -0.2) is 53.1 Å². The normalized spacial score (nSPS) is 17.6. The van der Waals surface area contributed by atoms with Crippen molar-refractivity contribution >= 4 is 22.7 Å². The molecule has 2 amide bonds. The SMILES string of the molecule is NCC1CCN(C(=O)CCNC(=O)c2n[nH]c3ccccc23)C1. The summed E-state index contributed by atoms with van der Waals surface area (Å²) in [6.07, 6.45) is 1.26. The molecule has 23 heavy (non-hydrogen) atoms. The molecule has 1 aromatic carbocycles. The predicted molar refractivity (Wildman–Crippen MR) is 86.8 cm³/mol. The molecule has 7 heteroatoms. The van der Waals surface area contributed by atoms with Crippen molar-refractivity contribution in [3.8, 4) is 0 Å². The summed E-state index contributed by atoms with van der Waals surface area (Å²) in [5.74, 6) is 0.202. The van der Waals surface area contributed by atoms with E-state index in [0.29, 0.717) is 31.1 Å². The van der Waals surface area contributed by atoms with Crippen LogP contribution in [0.3, 0.4) is 0 Å². The standard InChI is InChI=1S/C16H21N5O2/c17-9-11-6-8-21(10-11)14(22)5-7-18-16(23)15-12-3-1-2-4-13(12)19-20-15/h1-4,11H,5-10,17H2,(H,18,23)(H,19,20). The number of hydrogen-bond acceptors (Lipinski definition) is 4. The first kappa shape index (κ1) is 15.5. The number of nitrogens with two attached hydrogens (primary N) is 1. The van der Waals surface area contributed by atoms with Crippen LogP contribution in [0, 0.1) is 5.92 Å². The summed E-state index contributed by atoms with van der Waals surface area (Å²) in [5.41, 5.74) is 6.81. The van der Waals surface area contributed by atoms with E-state index in [1.54, 1.807) is 0 Å². The summed E-state index contributed by atoms with van der Waals surface area (Å²) in [6, 6.07) is 7.45. The van der Waals surface area contributed by atoms with E-state index in [1.165, 1.54) is 0 Å². The van der Waals surface area contributed by atoms with Gasteiger partial charge in [0.05, 0.1) is 5.52 Å². The molecule has 3 rings (SSSR count). The largest absolute Gasteiger partial charge is 0.350 e. The van der Waals surface area contributed by atoms with Crippen molar-refractivity contribution in [1.29, 1.82) is 0 Å². The Bertz CT molecular complexity index is 711. The molecule has 7 nitrogen and oxygen atoms in total. The van der Waals surface area contributed by atoms with Gasteiger partial charge >= 0.3 is 0 Å². The van der Waals surface area contributed by atoms with E-state index in [9.17, 15) is 9.59 Å². The van der Waals surface area contributed by atoms with Gasteiger partial charge in [-0.2, -0.15) is 5.10 Å². The first-order chi connectivity index (χ1) is 11.2. The molecule has 0 radical (unpaired) electrons. The van der Waals surface area contributed by atoms with Crippen LogP contribution < -0.4 is 11.1 Å². The number of benzene rings is 1. The van der Waals surface area contributed by atoms with Crippen LogP contribution in [0.5, 0.6) is 0 Å². The van der Waals surface area contributed by atoms with Gasteiger partial charge in [0.25, 0.3) is 5.91 Å². The third-order valence-corrected chi connectivity index (χ3v) is 4.28. The van der Waals surface area contributed by atoms with Crippen molar-refractivity contribution in [1.82, 2.24) is 20.4 Å². The van der Waals surface area contributed by atoms with Crippen molar-refractivity contribution in [2.75, 3.05) is 26.2 Å². The topological polar surface area (TPSA) is 104 Å². The molecule has 4 N–H and O–H groups in total. The molecule has 1 unspecified atom stereocenters. The Kier molecular flexibility index (Phi) is 4.57. The van der Waals surface area contributed by atoms with Crippen LogP contribution in [0.15, 0.2) is 24.3 Å². The summed E-state index contributed by atoms with van der Waals surface area (Å²) >= 11 is 0. The van der Waals surface area contributed by atoms with Crippen LogP contribution in [0.25, 0.3) is 10.9 Å². The Morgan fingerprint density at radius 2 is 2.22 bits per heavy atom. The first-order valence-corrected chi connectivity index (χ1v) is 7.88. The molecule has 122 valence electrons. The maximum Gasteiger partial charge on any atom is 0.272 e. The van der Waals surface area contributed by atoms with Gasteiger partial charge in [0, 0.05) is 31.4 Å². The minimum Gasteiger partial charge on any atom is -0.350 e. The number of nitrogens with one attached hydrogen (secondary N) is 2. The van der Waals surface area contributed by atoms with Crippen LogP contribution in [0.2, 0.25) is 0 Å². The first-order valence-electron chi connectivity index (χ1n) is 7.88. The highest BCUT2D eigenvalue weighted by Crippen LogP contribution is 2.16. The van der Waals surface area contributed by atoms with E-state index < -0.39 is 0 Å². The lowest BCUT2D eigenvalue weighted by molar-refractivity contribution is -0.130. The number of amides is 2. The number of fused-ring (bicyclic) bond motifs is 1. The number of aromatic amines is 1. The summed E-state index contributed by atoms with van der Waals surface area (Å²) in [4.78, 5) is 26.1. The molecule has 2 heterocycles. The lowest BCUT2D eigenvalue weighted by Crippen LogP contribution is -2.33. The number of likely N-dealkylation sites (tertiary alicyclic amines) is 1. The third kappa shape index (κ3) is 3.34. The van der Waals surface area contributed by atoms with E-state index in [1.807, 2.05) is 29.2 Å². The van der Waals surface area contributed by atoms with Gasteiger partial charge < -0.3 is 16.0 Å². The molecule has 0 aliphatic carbocycles. The minimum absolute atomic E-state index is 0.0631. The number of H-pyrrole nitrogens is 1. The van der Waals surface area contributed by atoms with Gasteiger partial charge in [-0.05, 0) is 24.9 Å². The smallest absolute Gasteiger partial charge is 0.272 e. The lowest BCUT2D eigenvalue weighted by atomic mass is 10.1. The molecule has 1 saturated heterocycles. The second kappa shape index (κ2) is 6.78. The summed E-state index contributed by atoms with van der Waals surface area (Å²) in [5, 5.41) is 10.4. The molecular formula is C16H21N5O2. The van der Waals surface area contributed by atoms with E-state index in [0.717, 1.165) is 30.4 Å². The van der Waals surface area contributed by atoms with Gasteiger partial charge in [-0.3, -0.25) is 14.7 Å². The highest BCUT2D eigenvalue weighted by Gasteiger charge is 2.24. The fourth-order valence-corrected chi connectivity index (χ4v) is 2.91. The van der Waals surface area contributed by atoms with Gasteiger partial charge in [0.1, 0.15) is 0 Å². The summed E-state index contributed by atoms with van der Waals surface area (Å²) < 4.78 is 0. The highest BCUT2D eigenvalue weighted by atomic mass is 16.2. The highest BCUT2D eigenvalue weighted by molar-refractivity contribution is 6.04. The van der Waals surface area contributed by atoms with Crippen molar-refractivity contribution in [3.05, 3.63) is 30.0 Å². The maximum absolute atomic E-state index is 12.2. The van der Waals surface area contributed by atoms with Crippen molar-refractivity contribution in [3.63, 3.8) is 0 Å². The number of carbonyl (C=O) groups is 2. The molecule has 1 fully saturated rings. The van der Waals surface area contributed by atoms with Crippen LogP contribution in [0.4, 0.5) is 0 Å². The monoisotopic (exact) mass is 315 g/mol. The number of aromatic nitrogens is 2. The Labute approximate surface area is 134 Å². The molecule has 2 aromatic rings. The molecule has 0 spiro atoms. The molecular weight excluding hydrogens is 294 g/mol. The fourth-order valence-electron chi connectivity index (χ4n) is 2.91. The zero-order valence-corrected chi connectivity index (χ0v) is 12.9. The Balaban J connectivity index is 1.51. The maximum atomic E-state index is 12.2. The van der Waals surface area contributed by atoms with E-state index in [-0.39, 0.29) is 11.8 Å². The Hall–Kier alpha value is -2.41. The van der Waals surface area contributed by atoms with Crippen molar-refractivity contribution < 1.29 is 9.59 Å².